The molecule has 0 aliphatic heterocycles. The number of halogens is 4. The van der Waals surface area contributed by atoms with Gasteiger partial charge in [-0.2, -0.15) is 13.2 Å². The van der Waals surface area contributed by atoms with Crippen LogP contribution in [0.4, 0.5) is 18.9 Å². The van der Waals surface area contributed by atoms with Crippen molar-refractivity contribution in [2.45, 2.75) is 42.8 Å². The molecular weight excluding hydrogens is 429 g/mol. The van der Waals surface area contributed by atoms with Crippen LogP contribution >= 0.6 is 11.6 Å². The lowest BCUT2D eigenvalue weighted by atomic mass is 10.1. The Kier molecular flexibility index (Phi) is 6.21. The number of rotatable bonds is 7. The third kappa shape index (κ3) is 5.94. The molecule has 29 heavy (non-hydrogen) atoms. The zero-order chi connectivity index (χ0) is 21.2. The molecule has 10 heteroatoms. The van der Waals surface area contributed by atoms with Gasteiger partial charge in [-0.05, 0) is 55.2 Å². The maximum atomic E-state index is 13.1. The van der Waals surface area contributed by atoms with Crippen LogP contribution in [0.3, 0.4) is 0 Å². The van der Waals surface area contributed by atoms with Crippen LogP contribution in [0.25, 0.3) is 0 Å². The molecular formula is C19H18ClF3N2O3S. The number of carbonyl (C=O) groups is 1. The topological polar surface area (TPSA) is 75.3 Å². The van der Waals surface area contributed by atoms with Crippen LogP contribution in [0.2, 0.25) is 5.02 Å². The van der Waals surface area contributed by atoms with Crippen LogP contribution in [0, 0.1) is 0 Å². The van der Waals surface area contributed by atoms with Crippen molar-refractivity contribution in [3.63, 3.8) is 0 Å². The Hall–Kier alpha value is -2.10. The summed E-state index contributed by atoms with van der Waals surface area (Å²) in [6.45, 7) is 0. The molecule has 1 saturated carbocycles. The molecule has 5 nitrogen and oxygen atoms in total. The number of sulfonamides is 1. The van der Waals surface area contributed by atoms with E-state index in [9.17, 15) is 26.4 Å². The summed E-state index contributed by atoms with van der Waals surface area (Å²) in [4.78, 5) is 12.2. The highest BCUT2D eigenvalue weighted by atomic mass is 35.5. The molecule has 0 atom stereocenters. The molecule has 3 rings (SSSR count). The van der Waals surface area contributed by atoms with Crippen molar-refractivity contribution in [2.24, 2.45) is 0 Å². The molecule has 0 spiro atoms. The van der Waals surface area contributed by atoms with Crippen molar-refractivity contribution in [1.29, 1.82) is 0 Å². The van der Waals surface area contributed by atoms with Crippen LogP contribution in [0.5, 0.6) is 0 Å². The number of hydrogen-bond acceptors (Lipinski definition) is 3. The summed E-state index contributed by atoms with van der Waals surface area (Å²) in [5.74, 6) is -0.593. The molecule has 156 valence electrons. The predicted molar refractivity (Wildman–Crippen MR) is 103 cm³/mol. The Balaban J connectivity index is 1.60. The first-order valence-electron chi connectivity index (χ1n) is 8.82. The van der Waals surface area contributed by atoms with Crippen molar-refractivity contribution in [1.82, 2.24) is 4.72 Å². The smallest absolute Gasteiger partial charge is 0.325 e. The number of nitrogens with one attached hydrogen (secondary N) is 2. The van der Waals surface area contributed by atoms with Gasteiger partial charge >= 0.3 is 6.18 Å². The van der Waals surface area contributed by atoms with Crippen LogP contribution in [0.1, 0.15) is 30.4 Å². The van der Waals surface area contributed by atoms with Gasteiger partial charge in [-0.1, -0.05) is 23.7 Å². The molecule has 1 aliphatic carbocycles. The SMILES string of the molecule is O=C(CCc1ccc(S(=O)(=O)NC2CC2)cc1)Nc1ccc(Cl)cc1C(F)(F)F. The fourth-order valence-electron chi connectivity index (χ4n) is 2.65. The maximum absolute atomic E-state index is 13.1. The number of aryl methyl sites for hydroxylation is 1. The van der Waals surface area contributed by atoms with Crippen molar-refractivity contribution in [3.8, 4) is 0 Å². The fourth-order valence-corrected chi connectivity index (χ4v) is 4.13. The van der Waals surface area contributed by atoms with Gasteiger partial charge in [-0.25, -0.2) is 13.1 Å². The second-order valence-corrected chi connectivity index (χ2v) is 8.93. The standard InChI is InChI=1S/C19H18ClF3N2O3S/c20-13-4-9-17(16(11-13)19(21,22)23)24-18(26)10-3-12-1-7-15(8-2-12)29(27,28)25-14-5-6-14/h1-2,4,7-9,11,14,25H,3,5-6,10H2,(H,24,26). The summed E-state index contributed by atoms with van der Waals surface area (Å²) in [5, 5.41) is 2.17. The quantitative estimate of drug-likeness (QED) is 0.663. The minimum atomic E-state index is -4.65. The Labute approximate surface area is 171 Å². The fraction of sp³-hybridized carbons (Fsp3) is 0.316. The van der Waals surface area contributed by atoms with E-state index in [1.165, 1.54) is 18.2 Å². The largest absolute Gasteiger partial charge is 0.418 e. The molecule has 0 heterocycles. The van der Waals surface area contributed by atoms with Gasteiger partial charge in [-0.15, -0.1) is 0 Å². The normalized spacial score (nSPS) is 14.6. The molecule has 1 aliphatic rings. The van der Waals surface area contributed by atoms with Gasteiger partial charge in [0, 0.05) is 17.5 Å². The van der Waals surface area contributed by atoms with E-state index in [0.717, 1.165) is 25.0 Å². The van der Waals surface area contributed by atoms with Gasteiger partial charge in [0.05, 0.1) is 16.1 Å². The number of hydrogen-bond donors (Lipinski definition) is 2. The molecule has 0 saturated heterocycles. The Morgan fingerprint density at radius 3 is 2.34 bits per heavy atom. The van der Waals surface area contributed by atoms with Gasteiger partial charge in [0.15, 0.2) is 0 Å². The van der Waals surface area contributed by atoms with Crippen molar-refractivity contribution >= 4 is 33.2 Å². The molecule has 0 unspecified atom stereocenters. The maximum Gasteiger partial charge on any atom is 0.418 e. The summed E-state index contributed by atoms with van der Waals surface area (Å²) < 4.78 is 66.1. The third-order valence-electron chi connectivity index (χ3n) is 4.33. The molecule has 0 aromatic heterocycles. The Bertz CT molecular complexity index is 1000. The van der Waals surface area contributed by atoms with E-state index in [1.54, 1.807) is 12.1 Å². The number of benzene rings is 2. The van der Waals surface area contributed by atoms with Gasteiger partial charge in [0.1, 0.15) is 0 Å². The lowest BCUT2D eigenvalue weighted by molar-refractivity contribution is -0.137. The first kappa shape index (κ1) is 21.6. The Morgan fingerprint density at radius 2 is 1.76 bits per heavy atom. The third-order valence-corrected chi connectivity index (χ3v) is 6.11. The lowest BCUT2D eigenvalue weighted by Crippen LogP contribution is -2.25. The minimum Gasteiger partial charge on any atom is -0.325 e. The van der Waals surface area contributed by atoms with Crippen LogP contribution < -0.4 is 10.0 Å². The van der Waals surface area contributed by atoms with Crippen molar-refractivity contribution in [3.05, 3.63) is 58.6 Å². The molecule has 0 radical (unpaired) electrons. The van der Waals surface area contributed by atoms with Gasteiger partial charge in [0.2, 0.25) is 15.9 Å². The average Bonchev–Trinajstić information content (AvgIpc) is 3.44. The second kappa shape index (κ2) is 8.33. The first-order valence-corrected chi connectivity index (χ1v) is 10.7. The van der Waals surface area contributed by atoms with Crippen LogP contribution in [-0.4, -0.2) is 20.4 Å². The van der Waals surface area contributed by atoms with E-state index in [4.69, 9.17) is 11.6 Å². The molecule has 1 amide bonds. The Morgan fingerprint density at radius 1 is 1.10 bits per heavy atom. The second-order valence-electron chi connectivity index (χ2n) is 6.78. The summed E-state index contributed by atoms with van der Waals surface area (Å²) in [6.07, 6.45) is -2.81. The lowest BCUT2D eigenvalue weighted by Gasteiger charge is -2.14. The predicted octanol–water partition coefficient (Wildman–Crippen LogP) is 4.37. The zero-order valence-electron chi connectivity index (χ0n) is 15.1. The monoisotopic (exact) mass is 446 g/mol. The van der Waals surface area contributed by atoms with E-state index in [1.807, 2.05) is 0 Å². The molecule has 2 aromatic carbocycles. The highest BCUT2D eigenvalue weighted by molar-refractivity contribution is 7.89. The van der Waals surface area contributed by atoms with E-state index in [2.05, 4.69) is 10.0 Å². The average molecular weight is 447 g/mol. The van der Waals surface area contributed by atoms with Gasteiger partial charge in [0.25, 0.3) is 0 Å². The van der Waals surface area contributed by atoms with Crippen LogP contribution in [0.15, 0.2) is 47.4 Å². The number of alkyl halides is 3. The number of amides is 1. The molecule has 1 fully saturated rings. The molecule has 2 aromatic rings. The highest BCUT2D eigenvalue weighted by Crippen LogP contribution is 2.36. The molecule has 2 N–H and O–H groups in total. The van der Waals surface area contributed by atoms with Crippen molar-refractivity contribution < 1.29 is 26.4 Å². The van der Waals surface area contributed by atoms with E-state index >= 15 is 0 Å². The molecule has 0 bridgehead atoms. The number of anilines is 1. The highest BCUT2D eigenvalue weighted by Gasteiger charge is 2.34. The van der Waals surface area contributed by atoms with Gasteiger partial charge < -0.3 is 5.32 Å². The first-order chi connectivity index (χ1) is 13.5. The van der Waals surface area contributed by atoms with Gasteiger partial charge in [-0.3, -0.25) is 4.79 Å². The summed E-state index contributed by atoms with van der Waals surface area (Å²) in [6, 6.07) is 9.18. The van der Waals surface area contributed by atoms with E-state index in [-0.39, 0.29) is 34.5 Å². The summed E-state index contributed by atoms with van der Waals surface area (Å²) in [7, 11) is -3.55. The zero-order valence-corrected chi connectivity index (χ0v) is 16.7. The van der Waals surface area contributed by atoms with Crippen LogP contribution in [-0.2, 0) is 27.4 Å². The van der Waals surface area contributed by atoms with E-state index in [0.29, 0.717) is 5.56 Å². The summed E-state index contributed by atoms with van der Waals surface area (Å²) in [5.41, 5.74) is -0.687. The minimum absolute atomic E-state index is 0.00201. The van der Waals surface area contributed by atoms with E-state index < -0.39 is 27.7 Å². The summed E-state index contributed by atoms with van der Waals surface area (Å²) >= 11 is 5.62. The van der Waals surface area contributed by atoms with Crippen molar-refractivity contribution in [2.75, 3.05) is 5.32 Å². The number of carbonyl (C=O) groups excluding carboxylic acids is 1.